The van der Waals surface area contributed by atoms with E-state index in [0.29, 0.717) is 12.0 Å². The van der Waals surface area contributed by atoms with E-state index in [2.05, 4.69) is 49.8 Å². The van der Waals surface area contributed by atoms with E-state index in [4.69, 9.17) is 9.31 Å². The number of H-pyrrole nitrogens is 1. The first-order valence-corrected chi connectivity index (χ1v) is 10.0. The number of imidazole rings is 1. The Bertz CT molecular complexity index is 892. The van der Waals surface area contributed by atoms with Gasteiger partial charge >= 0.3 is 7.12 Å². The molecule has 1 saturated carbocycles. The topological polar surface area (TPSA) is 67.5 Å². The number of rotatable bonds is 4. The molecule has 3 aliphatic rings. The number of nitrogens with one attached hydrogen (secondary N) is 1. The zero-order valence-electron chi connectivity index (χ0n) is 16.8. The Kier molecular flexibility index (Phi) is 3.81. The van der Waals surface area contributed by atoms with Crippen molar-refractivity contribution in [2.75, 3.05) is 0 Å². The van der Waals surface area contributed by atoms with Gasteiger partial charge < -0.3 is 19.2 Å². The summed E-state index contributed by atoms with van der Waals surface area (Å²) in [6.07, 6.45) is 4.98. The molecule has 2 aliphatic heterocycles. The van der Waals surface area contributed by atoms with Gasteiger partial charge in [0.2, 0.25) is 6.41 Å². The molecule has 3 fully saturated rings. The first-order valence-electron chi connectivity index (χ1n) is 10.0. The smallest absolute Gasteiger partial charge is 0.399 e. The minimum absolute atomic E-state index is 0.0824. The molecule has 1 N–H and O–H groups in total. The molecule has 0 bridgehead atoms. The number of fused-ring (bicyclic) bond motifs is 1. The number of piperidine rings is 1. The Morgan fingerprint density at radius 2 is 1.82 bits per heavy atom. The van der Waals surface area contributed by atoms with Gasteiger partial charge in [-0.2, -0.15) is 0 Å². The Morgan fingerprint density at radius 3 is 2.46 bits per heavy atom. The van der Waals surface area contributed by atoms with Crippen molar-refractivity contribution in [2.24, 2.45) is 5.92 Å². The molecule has 146 valence electrons. The minimum Gasteiger partial charge on any atom is -0.399 e. The van der Waals surface area contributed by atoms with Gasteiger partial charge in [-0.25, -0.2) is 4.98 Å². The average Bonchev–Trinajstić information content (AvgIpc) is 3.02. The molecule has 1 aliphatic carbocycles. The van der Waals surface area contributed by atoms with Crippen LogP contribution in [0.25, 0.3) is 11.3 Å². The van der Waals surface area contributed by atoms with Crippen LogP contribution in [-0.2, 0) is 14.1 Å². The van der Waals surface area contributed by atoms with E-state index in [1.807, 2.05) is 23.2 Å². The molecule has 1 aromatic carbocycles. The van der Waals surface area contributed by atoms with Gasteiger partial charge in [-0.1, -0.05) is 24.3 Å². The fraction of sp³-hybridized carbons (Fsp3) is 0.524. The van der Waals surface area contributed by atoms with E-state index in [-0.39, 0.29) is 24.4 Å². The van der Waals surface area contributed by atoms with Crippen LogP contribution >= 0.6 is 0 Å². The summed E-state index contributed by atoms with van der Waals surface area (Å²) in [5, 5.41) is 0. The van der Waals surface area contributed by atoms with E-state index in [1.54, 1.807) is 0 Å². The molecule has 2 saturated heterocycles. The van der Waals surface area contributed by atoms with E-state index < -0.39 is 0 Å². The Balaban J connectivity index is 1.33. The van der Waals surface area contributed by atoms with Crippen molar-refractivity contribution in [2.45, 2.75) is 63.8 Å². The normalized spacial score (nSPS) is 29.8. The second-order valence-corrected chi connectivity index (χ2v) is 9.26. The number of benzene rings is 1. The summed E-state index contributed by atoms with van der Waals surface area (Å²) in [7, 11) is -0.359. The Morgan fingerprint density at radius 1 is 1.14 bits per heavy atom. The van der Waals surface area contributed by atoms with E-state index in [9.17, 15) is 4.79 Å². The van der Waals surface area contributed by atoms with Gasteiger partial charge in [-0.15, -0.1) is 0 Å². The fourth-order valence-electron chi connectivity index (χ4n) is 4.35. The molecule has 0 radical (unpaired) electrons. The summed E-state index contributed by atoms with van der Waals surface area (Å²) in [5.74, 6) is 1.53. The van der Waals surface area contributed by atoms with E-state index >= 15 is 0 Å². The summed E-state index contributed by atoms with van der Waals surface area (Å²) in [6, 6.07) is 8.71. The van der Waals surface area contributed by atoms with Crippen molar-refractivity contribution in [1.82, 2.24) is 14.9 Å². The monoisotopic (exact) mass is 379 g/mol. The van der Waals surface area contributed by atoms with Gasteiger partial charge in [0.1, 0.15) is 5.82 Å². The second-order valence-electron chi connectivity index (χ2n) is 9.26. The van der Waals surface area contributed by atoms with Gasteiger partial charge in [-0.05, 0) is 57.5 Å². The van der Waals surface area contributed by atoms with Crippen LogP contribution in [0.1, 0.15) is 52.4 Å². The maximum Gasteiger partial charge on any atom is 0.494 e. The summed E-state index contributed by atoms with van der Waals surface area (Å²) in [6.45, 7) is 8.23. The van der Waals surface area contributed by atoms with Crippen molar-refractivity contribution in [3.8, 4) is 11.3 Å². The van der Waals surface area contributed by atoms with Crippen LogP contribution in [0.5, 0.6) is 0 Å². The summed E-state index contributed by atoms with van der Waals surface area (Å²) < 4.78 is 12.2. The largest absolute Gasteiger partial charge is 0.494 e. The molecular weight excluding hydrogens is 353 g/mol. The Labute approximate surface area is 165 Å². The quantitative estimate of drug-likeness (QED) is 0.655. The van der Waals surface area contributed by atoms with Crippen LogP contribution in [-0.4, -0.2) is 45.6 Å². The van der Waals surface area contributed by atoms with Gasteiger partial charge in [0.25, 0.3) is 0 Å². The number of hydrogen-bond donors (Lipinski definition) is 1. The molecule has 7 heteroatoms. The molecule has 1 amide bonds. The maximum atomic E-state index is 11.4. The number of carbonyl (C=O) groups excluding carboxylic acids is 1. The lowest BCUT2D eigenvalue weighted by atomic mass is 9.79. The van der Waals surface area contributed by atoms with E-state index in [0.717, 1.165) is 41.8 Å². The molecule has 3 unspecified atom stereocenters. The molecule has 28 heavy (non-hydrogen) atoms. The third kappa shape index (κ3) is 2.71. The summed E-state index contributed by atoms with van der Waals surface area (Å²) in [4.78, 5) is 21.3. The highest BCUT2D eigenvalue weighted by molar-refractivity contribution is 6.62. The lowest BCUT2D eigenvalue weighted by Gasteiger charge is -2.32. The molecular formula is C21H26BN3O3. The predicted molar refractivity (Wildman–Crippen MR) is 107 cm³/mol. The van der Waals surface area contributed by atoms with Crippen molar-refractivity contribution in [3.63, 3.8) is 0 Å². The zero-order chi connectivity index (χ0) is 19.7. The van der Waals surface area contributed by atoms with Crippen LogP contribution in [0, 0.1) is 5.92 Å². The lowest BCUT2D eigenvalue weighted by Crippen LogP contribution is -2.41. The standard InChI is InChI=1S/C21H26BN3O3/c1-20(2)21(3,4)28-22(27-20)15-7-5-13(6-8-15)16-11-23-19(24-16)18-10-14-9-17(14)25(18)12-26/h5-8,11-12,14,17-18H,9-10H2,1-4H3,(H,23,24). The highest BCUT2D eigenvalue weighted by Gasteiger charge is 2.53. The summed E-state index contributed by atoms with van der Waals surface area (Å²) >= 11 is 0. The van der Waals surface area contributed by atoms with Crippen LogP contribution in [0.3, 0.4) is 0 Å². The number of aromatic nitrogens is 2. The van der Waals surface area contributed by atoms with Crippen LogP contribution in [0.15, 0.2) is 30.5 Å². The van der Waals surface area contributed by atoms with Gasteiger partial charge in [-0.3, -0.25) is 4.79 Å². The van der Waals surface area contributed by atoms with Gasteiger partial charge in [0, 0.05) is 6.04 Å². The number of carbonyl (C=O) groups is 1. The molecule has 2 aromatic rings. The number of amides is 1. The fourth-order valence-corrected chi connectivity index (χ4v) is 4.35. The van der Waals surface area contributed by atoms with Gasteiger partial charge in [0.15, 0.2) is 0 Å². The van der Waals surface area contributed by atoms with Crippen molar-refractivity contribution in [1.29, 1.82) is 0 Å². The summed E-state index contributed by atoms with van der Waals surface area (Å²) in [5.41, 5.74) is 2.33. The highest BCUT2D eigenvalue weighted by Crippen LogP contribution is 2.52. The third-order valence-corrected chi connectivity index (χ3v) is 6.93. The number of aromatic amines is 1. The van der Waals surface area contributed by atoms with Crippen LogP contribution < -0.4 is 5.46 Å². The second kappa shape index (κ2) is 5.94. The van der Waals surface area contributed by atoms with Crippen LogP contribution in [0.4, 0.5) is 0 Å². The van der Waals surface area contributed by atoms with E-state index in [1.165, 1.54) is 0 Å². The maximum absolute atomic E-state index is 11.4. The number of nitrogens with zero attached hydrogens (tertiary/aromatic N) is 2. The van der Waals surface area contributed by atoms with Crippen molar-refractivity contribution < 1.29 is 14.1 Å². The molecule has 3 heterocycles. The number of likely N-dealkylation sites (tertiary alicyclic amines) is 1. The first-order chi connectivity index (χ1) is 13.3. The number of hydrogen-bond acceptors (Lipinski definition) is 4. The minimum atomic E-state index is -0.359. The Hall–Kier alpha value is -2.12. The molecule has 0 spiro atoms. The highest BCUT2D eigenvalue weighted by atomic mass is 16.7. The van der Waals surface area contributed by atoms with Crippen molar-refractivity contribution in [3.05, 3.63) is 36.3 Å². The van der Waals surface area contributed by atoms with Crippen LogP contribution in [0.2, 0.25) is 0 Å². The molecule has 1 aromatic heterocycles. The van der Waals surface area contributed by atoms with Crippen molar-refractivity contribution >= 4 is 19.0 Å². The molecule has 5 rings (SSSR count). The lowest BCUT2D eigenvalue weighted by molar-refractivity contribution is -0.120. The first kappa shape index (κ1) is 17.9. The average molecular weight is 379 g/mol. The van der Waals surface area contributed by atoms with Gasteiger partial charge in [0.05, 0.1) is 29.1 Å². The molecule has 3 atom stereocenters. The predicted octanol–water partition coefficient (Wildman–Crippen LogP) is 2.67. The SMILES string of the molecule is CC1(C)OB(c2ccc(-c3cnc(C4CC5CC5N4C=O)[nH]3)cc2)OC1(C)C. The molecule has 6 nitrogen and oxygen atoms in total. The zero-order valence-corrected chi connectivity index (χ0v) is 16.8. The third-order valence-electron chi connectivity index (χ3n) is 6.93.